The van der Waals surface area contributed by atoms with Gasteiger partial charge in [0, 0.05) is 95.0 Å². The minimum absolute atomic E-state index is 0. The van der Waals surface area contributed by atoms with Crippen molar-refractivity contribution in [3.05, 3.63) is 0 Å². The molecule has 36 heavy (non-hydrogen) atoms. The fourth-order valence-electron chi connectivity index (χ4n) is 4.73. The highest BCUT2D eigenvalue weighted by molar-refractivity contribution is 4.89. The maximum absolute atomic E-state index is 11.4. The van der Waals surface area contributed by atoms with Crippen LogP contribution in [0.3, 0.4) is 0 Å². The Hall–Kier alpha value is -0.480. The minimum atomic E-state index is -1.32. The number of nitrogens with zero attached hydrogens (tertiary/aromatic N) is 3. The Kier molecular flexibility index (Phi) is 17.7. The minimum Gasteiger partial charge on any atom is -0.384 e. The summed E-state index contributed by atoms with van der Waals surface area (Å²) in [7, 11) is 9.27. The van der Waals surface area contributed by atoms with Crippen molar-refractivity contribution in [2.75, 3.05) is 135 Å². The lowest BCUT2D eigenvalue weighted by molar-refractivity contribution is -0.178. The van der Waals surface area contributed by atoms with E-state index in [9.17, 15) is 15.3 Å². The van der Waals surface area contributed by atoms with E-state index in [1.165, 1.54) is 0 Å². The molecule has 0 radical (unpaired) electrons. The number of ether oxygens (including phenoxy) is 6. The molecular weight excluding hydrogens is 474 g/mol. The topological polar surface area (TPSA) is 126 Å². The van der Waals surface area contributed by atoms with Gasteiger partial charge in [-0.2, -0.15) is 0 Å². The van der Waals surface area contributed by atoms with Gasteiger partial charge in [0.2, 0.25) is 0 Å². The summed E-state index contributed by atoms with van der Waals surface area (Å²) in [4.78, 5) is 6.17. The monoisotopic (exact) mass is 527 g/mol. The molecule has 0 unspecified atom stereocenters. The van der Waals surface area contributed by atoms with Crippen LogP contribution in [0.4, 0.5) is 0 Å². The lowest BCUT2D eigenvalue weighted by Gasteiger charge is -2.40. The third kappa shape index (κ3) is 11.9. The molecule has 1 aliphatic rings. The van der Waals surface area contributed by atoms with E-state index in [0.717, 1.165) is 0 Å². The fourth-order valence-corrected chi connectivity index (χ4v) is 4.73. The van der Waals surface area contributed by atoms with Crippen LogP contribution in [-0.4, -0.2) is 182 Å². The molecule has 0 atom stereocenters. The molecule has 0 spiro atoms. The van der Waals surface area contributed by atoms with Crippen LogP contribution in [0.25, 0.3) is 0 Å². The summed E-state index contributed by atoms with van der Waals surface area (Å²) in [5.41, 5.74) is -3.69. The molecule has 0 aliphatic carbocycles. The molecule has 1 saturated heterocycles. The third-order valence-electron chi connectivity index (χ3n) is 6.13. The van der Waals surface area contributed by atoms with Crippen LogP contribution in [0, 0.1) is 0 Å². The summed E-state index contributed by atoms with van der Waals surface area (Å²) >= 11 is 0. The number of hydrogen-bond acceptors (Lipinski definition) is 12. The SMILES string of the molecule is C.COCC(O)(COC)CN1CCN(CC(O)(COC)COC)CCN(C(O)(COC)COC)CC1. The predicted molar refractivity (Wildman–Crippen MR) is 137 cm³/mol. The molecule has 12 nitrogen and oxygen atoms in total. The van der Waals surface area contributed by atoms with Crippen LogP contribution in [0.2, 0.25) is 0 Å². The molecule has 0 saturated carbocycles. The summed E-state index contributed by atoms with van der Waals surface area (Å²) in [5, 5.41) is 33.6. The Morgan fingerprint density at radius 2 is 0.778 bits per heavy atom. The van der Waals surface area contributed by atoms with E-state index < -0.39 is 16.9 Å². The van der Waals surface area contributed by atoms with Crippen LogP contribution >= 0.6 is 0 Å². The molecule has 0 aromatic rings. The van der Waals surface area contributed by atoms with Gasteiger partial charge in [-0.25, -0.2) is 0 Å². The van der Waals surface area contributed by atoms with Crippen LogP contribution in [0.1, 0.15) is 7.43 Å². The molecule has 1 rings (SSSR count). The molecule has 12 heteroatoms. The normalized spacial score (nSPS) is 17.9. The van der Waals surface area contributed by atoms with Crippen molar-refractivity contribution in [3.63, 3.8) is 0 Å². The van der Waals surface area contributed by atoms with Crippen molar-refractivity contribution in [1.82, 2.24) is 14.7 Å². The van der Waals surface area contributed by atoms with Crippen molar-refractivity contribution >= 4 is 0 Å². The summed E-state index contributed by atoms with van der Waals surface area (Å²) < 4.78 is 31.6. The van der Waals surface area contributed by atoms with Gasteiger partial charge in [-0.1, -0.05) is 7.43 Å². The zero-order valence-electron chi connectivity index (χ0n) is 22.5. The highest BCUT2D eigenvalue weighted by Crippen LogP contribution is 2.18. The first-order chi connectivity index (χ1) is 16.6. The van der Waals surface area contributed by atoms with Gasteiger partial charge in [0.25, 0.3) is 0 Å². The van der Waals surface area contributed by atoms with Gasteiger partial charge in [-0.3, -0.25) is 14.7 Å². The third-order valence-corrected chi connectivity index (χ3v) is 6.13. The Labute approximate surface area is 217 Å². The van der Waals surface area contributed by atoms with Gasteiger partial charge in [0.1, 0.15) is 11.2 Å². The standard InChI is InChI=1S/C23H49N3O9.CH4/c1-30-15-21(27,16-31-2)13-24-7-8-25(14-22(28,17-32-3)18-33-4)10-12-26(11-9-24)23(29,19-34-5)20-35-6;/h27-29H,7-20H2,1-6H3;1H4. The molecule has 1 aliphatic heterocycles. The van der Waals surface area contributed by atoms with E-state index in [4.69, 9.17) is 28.4 Å². The second kappa shape index (κ2) is 17.9. The molecule has 0 amide bonds. The van der Waals surface area contributed by atoms with Gasteiger partial charge in [0.15, 0.2) is 5.72 Å². The van der Waals surface area contributed by atoms with E-state index in [1.54, 1.807) is 42.7 Å². The molecule has 218 valence electrons. The average molecular weight is 528 g/mol. The van der Waals surface area contributed by atoms with E-state index >= 15 is 0 Å². The summed E-state index contributed by atoms with van der Waals surface area (Å²) in [5.74, 6) is 0. The number of hydrogen-bond donors (Lipinski definition) is 3. The number of rotatable bonds is 17. The zero-order chi connectivity index (χ0) is 26.4. The molecule has 3 N–H and O–H groups in total. The molecule has 0 aromatic carbocycles. The largest absolute Gasteiger partial charge is 0.384 e. The van der Waals surface area contributed by atoms with E-state index in [-0.39, 0.29) is 47.1 Å². The van der Waals surface area contributed by atoms with Crippen molar-refractivity contribution in [3.8, 4) is 0 Å². The first kappa shape index (κ1) is 35.5. The second-order valence-electron chi connectivity index (χ2n) is 9.57. The predicted octanol–water partition coefficient (Wildman–Crippen LogP) is -1.43. The molecule has 0 aromatic heterocycles. The van der Waals surface area contributed by atoms with Gasteiger partial charge >= 0.3 is 0 Å². The van der Waals surface area contributed by atoms with Crippen molar-refractivity contribution in [2.45, 2.75) is 24.4 Å². The van der Waals surface area contributed by atoms with Crippen LogP contribution < -0.4 is 0 Å². The number of β-amino-alcohol motifs (C(OH)–C–C–N with tert-alkyl or cyclic N) is 2. The van der Waals surface area contributed by atoms with E-state index in [1.807, 2.05) is 4.90 Å². The highest BCUT2D eigenvalue weighted by Gasteiger charge is 2.38. The number of aliphatic hydroxyl groups is 3. The van der Waals surface area contributed by atoms with Crippen LogP contribution in [0.15, 0.2) is 0 Å². The zero-order valence-corrected chi connectivity index (χ0v) is 22.5. The first-order valence-corrected chi connectivity index (χ1v) is 11.9. The first-order valence-electron chi connectivity index (χ1n) is 11.9. The smallest absolute Gasteiger partial charge is 0.165 e. The maximum Gasteiger partial charge on any atom is 0.165 e. The fraction of sp³-hybridized carbons (Fsp3) is 1.00. The van der Waals surface area contributed by atoms with Crippen LogP contribution in [0.5, 0.6) is 0 Å². The Balaban J connectivity index is 0.0000122. The lowest BCUT2D eigenvalue weighted by atomic mass is 10.1. The van der Waals surface area contributed by atoms with Gasteiger partial charge < -0.3 is 43.7 Å². The lowest BCUT2D eigenvalue weighted by Crippen LogP contribution is -2.59. The highest BCUT2D eigenvalue weighted by atomic mass is 16.5. The summed E-state index contributed by atoms with van der Waals surface area (Å²) in [6.45, 7) is 4.79. The molecule has 1 fully saturated rings. The van der Waals surface area contributed by atoms with Crippen molar-refractivity contribution in [1.29, 1.82) is 0 Å². The summed E-state index contributed by atoms with van der Waals surface area (Å²) in [6.07, 6.45) is 0. The van der Waals surface area contributed by atoms with Crippen LogP contribution in [-0.2, 0) is 28.4 Å². The molecular formula is C24H53N3O9. The Morgan fingerprint density at radius 3 is 1.06 bits per heavy atom. The molecule has 0 bridgehead atoms. The second-order valence-corrected chi connectivity index (χ2v) is 9.57. The van der Waals surface area contributed by atoms with Gasteiger partial charge in [0.05, 0.1) is 39.6 Å². The van der Waals surface area contributed by atoms with E-state index in [0.29, 0.717) is 52.4 Å². The average Bonchev–Trinajstić information content (AvgIpc) is 2.86. The molecule has 1 heterocycles. The Bertz CT molecular complexity index is 505. The maximum atomic E-state index is 11.4. The van der Waals surface area contributed by atoms with Gasteiger partial charge in [-0.15, -0.1) is 0 Å². The number of methoxy groups -OCH3 is 6. The quantitative estimate of drug-likeness (QED) is 0.205. The van der Waals surface area contributed by atoms with E-state index in [2.05, 4.69) is 9.80 Å². The van der Waals surface area contributed by atoms with Crippen molar-refractivity contribution < 1.29 is 43.7 Å². The Morgan fingerprint density at radius 1 is 0.500 bits per heavy atom. The summed E-state index contributed by atoms with van der Waals surface area (Å²) in [6, 6.07) is 0. The van der Waals surface area contributed by atoms with Crippen molar-refractivity contribution in [2.24, 2.45) is 0 Å². The van der Waals surface area contributed by atoms with Gasteiger partial charge in [-0.05, 0) is 0 Å².